The highest BCUT2D eigenvalue weighted by Crippen LogP contribution is 2.15. The monoisotopic (exact) mass is 274 g/mol. The van der Waals surface area contributed by atoms with Gasteiger partial charge in [0, 0.05) is 19.2 Å². The average Bonchev–Trinajstić information content (AvgIpc) is 2.39. The highest BCUT2D eigenvalue weighted by molar-refractivity contribution is 5.94. The topological polar surface area (TPSA) is 46.3 Å². The number of unbranched alkanes of at least 4 members (excludes halogenated alkanes) is 2. The minimum absolute atomic E-state index is 0.197. The van der Waals surface area contributed by atoms with Crippen molar-refractivity contribution in [3.63, 3.8) is 0 Å². The summed E-state index contributed by atoms with van der Waals surface area (Å²) in [5.41, 5.74) is 5.15. The van der Waals surface area contributed by atoms with Crippen LogP contribution in [-0.4, -0.2) is 30.9 Å². The van der Waals surface area contributed by atoms with E-state index in [1.54, 1.807) is 0 Å². The summed E-state index contributed by atoms with van der Waals surface area (Å²) in [6.45, 7) is 1.05. The lowest BCUT2D eigenvalue weighted by atomic mass is 10.1. The number of hydrogen-bond acceptors (Lipinski definition) is 2. The van der Waals surface area contributed by atoms with Crippen LogP contribution in [0.2, 0.25) is 0 Å². The van der Waals surface area contributed by atoms with Gasteiger partial charge in [-0.05, 0) is 31.5 Å². The highest BCUT2D eigenvalue weighted by atomic mass is 19.2. The largest absolute Gasteiger partial charge is 0.342 e. The van der Waals surface area contributed by atoms with E-state index in [-0.39, 0.29) is 5.56 Å². The van der Waals surface area contributed by atoms with E-state index in [0.29, 0.717) is 25.2 Å². The standard InChI is InChI=1S/C13H17F3N2O/c1-18(6-4-2-3-5-17)13(19)9-7-10(14)12(16)11(15)8-9/h7-8H,2-6,17H2,1H3. The molecule has 1 amide bonds. The molecule has 19 heavy (non-hydrogen) atoms. The van der Waals surface area contributed by atoms with Crippen molar-refractivity contribution in [3.8, 4) is 0 Å². The molecule has 0 radical (unpaired) electrons. The Labute approximate surface area is 110 Å². The molecule has 0 saturated heterocycles. The van der Waals surface area contributed by atoms with Crippen LogP contribution in [0.3, 0.4) is 0 Å². The van der Waals surface area contributed by atoms with Crippen molar-refractivity contribution in [3.05, 3.63) is 35.1 Å². The van der Waals surface area contributed by atoms with Crippen LogP contribution in [0.4, 0.5) is 13.2 Å². The zero-order valence-corrected chi connectivity index (χ0v) is 10.8. The lowest BCUT2D eigenvalue weighted by Crippen LogP contribution is -2.28. The summed E-state index contributed by atoms with van der Waals surface area (Å²) in [5.74, 6) is -4.83. The molecule has 3 nitrogen and oxygen atoms in total. The van der Waals surface area contributed by atoms with Gasteiger partial charge in [0.1, 0.15) is 0 Å². The summed E-state index contributed by atoms with van der Waals surface area (Å²) in [6, 6.07) is 1.41. The highest BCUT2D eigenvalue weighted by Gasteiger charge is 2.17. The maximum Gasteiger partial charge on any atom is 0.253 e. The third-order valence-electron chi connectivity index (χ3n) is 2.78. The van der Waals surface area contributed by atoms with Crippen molar-refractivity contribution in [2.75, 3.05) is 20.1 Å². The molecule has 0 aliphatic carbocycles. The fourth-order valence-electron chi connectivity index (χ4n) is 1.67. The Kier molecular flexibility index (Phi) is 5.82. The summed E-state index contributed by atoms with van der Waals surface area (Å²) in [5, 5.41) is 0. The van der Waals surface area contributed by atoms with Crippen molar-refractivity contribution < 1.29 is 18.0 Å². The van der Waals surface area contributed by atoms with Gasteiger partial charge in [0.2, 0.25) is 0 Å². The van der Waals surface area contributed by atoms with Gasteiger partial charge in [0.15, 0.2) is 17.5 Å². The molecule has 0 aliphatic rings. The first kappa shape index (κ1) is 15.5. The number of benzene rings is 1. The lowest BCUT2D eigenvalue weighted by Gasteiger charge is -2.17. The lowest BCUT2D eigenvalue weighted by molar-refractivity contribution is 0.0791. The van der Waals surface area contributed by atoms with Gasteiger partial charge < -0.3 is 10.6 Å². The van der Waals surface area contributed by atoms with E-state index in [9.17, 15) is 18.0 Å². The van der Waals surface area contributed by atoms with Crippen LogP contribution in [0.5, 0.6) is 0 Å². The molecule has 0 fully saturated rings. The van der Waals surface area contributed by atoms with Gasteiger partial charge in [-0.15, -0.1) is 0 Å². The fourth-order valence-corrected chi connectivity index (χ4v) is 1.67. The summed E-state index contributed by atoms with van der Waals surface area (Å²) >= 11 is 0. The predicted octanol–water partition coefficient (Wildman–Crippen LogP) is 2.30. The SMILES string of the molecule is CN(CCCCCN)C(=O)c1cc(F)c(F)c(F)c1. The fraction of sp³-hybridized carbons (Fsp3) is 0.462. The molecular weight excluding hydrogens is 257 g/mol. The Balaban J connectivity index is 2.66. The first-order valence-electron chi connectivity index (χ1n) is 6.07. The number of carbonyl (C=O) groups excluding carboxylic acids is 1. The Hall–Kier alpha value is -1.56. The molecule has 2 N–H and O–H groups in total. The maximum atomic E-state index is 13.0. The first-order chi connectivity index (χ1) is 8.97. The number of amides is 1. The molecular formula is C13H17F3N2O. The molecule has 0 spiro atoms. The second-order valence-corrected chi connectivity index (χ2v) is 4.33. The second-order valence-electron chi connectivity index (χ2n) is 4.33. The Bertz CT molecular complexity index is 429. The number of carbonyl (C=O) groups is 1. The first-order valence-corrected chi connectivity index (χ1v) is 6.07. The van der Waals surface area contributed by atoms with Crippen LogP contribution in [0.15, 0.2) is 12.1 Å². The van der Waals surface area contributed by atoms with Crippen molar-refractivity contribution in [2.24, 2.45) is 5.73 Å². The van der Waals surface area contributed by atoms with Crippen LogP contribution in [0.1, 0.15) is 29.6 Å². The molecule has 1 aromatic carbocycles. The van der Waals surface area contributed by atoms with Crippen LogP contribution in [0, 0.1) is 17.5 Å². The molecule has 0 heterocycles. The molecule has 0 aromatic heterocycles. The summed E-state index contributed by atoms with van der Waals surface area (Å²) < 4.78 is 38.8. The van der Waals surface area contributed by atoms with E-state index in [1.807, 2.05) is 0 Å². The number of halogens is 3. The third kappa shape index (κ3) is 4.24. The molecule has 0 unspecified atom stereocenters. The quantitative estimate of drug-likeness (QED) is 0.639. The smallest absolute Gasteiger partial charge is 0.253 e. The van der Waals surface area contributed by atoms with Crippen LogP contribution < -0.4 is 5.73 Å². The molecule has 0 atom stereocenters. The number of hydrogen-bond donors (Lipinski definition) is 1. The van der Waals surface area contributed by atoms with Crippen molar-refractivity contribution in [1.82, 2.24) is 4.90 Å². The van der Waals surface area contributed by atoms with E-state index >= 15 is 0 Å². The van der Waals surface area contributed by atoms with E-state index in [2.05, 4.69) is 0 Å². The second kappa shape index (κ2) is 7.13. The van der Waals surface area contributed by atoms with Gasteiger partial charge >= 0.3 is 0 Å². The molecule has 106 valence electrons. The van der Waals surface area contributed by atoms with Gasteiger partial charge in [-0.3, -0.25) is 4.79 Å². The Morgan fingerprint density at radius 2 is 1.74 bits per heavy atom. The molecule has 1 aromatic rings. The van der Waals surface area contributed by atoms with Crippen molar-refractivity contribution >= 4 is 5.91 Å². The summed E-state index contributed by atoms with van der Waals surface area (Å²) in [4.78, 5) is 13.2. The Morgan fingerprint density at radius 3 is 2.26 bits per heavy atom. The normalized spacial score (nSPS) is 10.6. The maximum absolute atomic E-state index is 13.0. The number of nitrogens with two attached hydrogens (primary N) is 1. The molecule has 0 bridgehead atoms. The van der Waals surface area contributed by atoms with Crippen molar-refractivity contribution in [1.29, 1.82) is 0 Å². The zero-order valence-electron chi connectivity index (χ0n) is 10.8. The van der Waals surface area contributed by atoms with E-state index in [0.717, 1.165) is 19.3 Å². The van der Waals surface area contributed by atoms with Gasteiger partial charge in [0.25, 0.3) is 5.91 Å². The average molecular weight is 274 g/mol. The van der Waals surface area contributed by atoms with Crippen LogP contribution in [-0.2, 0) is 0 Å². The minimum Gasteiger partial charge on any atom is -0.342 e. The van der Waals surface area contributed by atoms with E-state index in [4.69, 9.17) is 5.73 Å². The molecule has 1 rings (SSSR count). The van der Waals surface area contributed by atoms with Crippen LogP contribution >= 0.6 is 0 Å². The molecule has 0 aliphatic heterocycles. The van der Waals surface area contributed by atoms with Crippen molar-refractivity contribution in [2.45, 2.75) is 19.3 Å². The van der Waals surface area contributed by atoms with Gasteiger partial charge in [-0.25, -0.2) is 13.2 Å². The Morgan fingerprint density at radius 1 is 1.16 bits per heavy atom. The van der Waals surface area contributed by atoms with E-state index < -0.39 is 23.4 Å². The minimum atomic E-state index is -1.57. The predicted molar refractivity (Wildman–Crippen MR) is 66.2 cm³/mol. The summed E-state index contributed by atoms with van der Waals surface area (Å²) in [7, 11) is 1.53. The number of nitrogens with zero attached hydrogens (tertiary/aromatic N) is 1. The molecule has 0 saturated carbocycles. The molecule has 6 heteroatoms. The van der Waals surface area contributed by atoms with Crippen LogP contribution in [0.25, 0.3) is 0 Å². The van der Waals surface area contributed by atoms with Gasteiger partial charge in [0.05, 0.1) is 0 Å². The number of rotatable bonds is 6. The van der Waals surface area contributed by atoms with Gasteiger partial charge in [-0.2, -0.15) is 0 Å². The van der Waals surface area contributed by atoms with E-state index in [1.165, 1.54) is 11.9 Å². The third-order valence-corrected chi connectivity index (χ3v) is 2.78. The zero-order chi connectivity index (χ0) is 14.4. The summed E-state index contributed by atoms with van der Waals surface area (Å²) in [6.07, 6.45) is 2.49. The van der Waals surface area contributed by atoms with Gasteiger partial charge in [-0.1, -0.05) is 6.42 Å².